The maximum Gasteiger partial charge on any atom is 0.317 e. The zero-order valence-electron chi connectivity index (χ0n) is 8.03. The first kappa shape index (κ1) is 13.4. The average molecular weight is 273 g/mol. The SMILES string of the molecule is O=C(O)CN[C@@H]1CS(=O)(=O)C[C@H]1S(=O)(=O)O. The summed E-state index contributed by atoms with van der Waals surface area (Å²) < 4.78 is 52.9. The molecule has 1 fully saturated rings. The monoisotopic (exact) mass is 273 g/mol. The lowest BCUT2D eigenvalue weighted by molar-refractivity contribution is -0.136. The molecule has 8 nitrogen and oxygen atoms in total. The van der Waals surface area contributed by atoms with Crippen molar-refractivity contribution in [3.05, 3.63) is 0 Å². The van der Waals surface area contributed by atoms with Crippen molar-refractivity contribution in [3.63, 3.8) is 0 Å². The van der Waals surface area contributed by atoms with Crippen LogP contribution in [0.15, 0.2) is 0 Å². The number of hydrogen-bond donors (Lipinski definition) is 3. The molecule has 0 aromatic carbocycles. The van der Waals surface area contributed by atoms with Gasteiger partial charge in [0, 0.05) is 6.04 Å². The number of nitrogens with one attached hydrogen (secondary N) is 1. The van der Waals surface area contributed by atoms with Crippen LogP contribution < -0.4 is 5.32 Å². The molecule has 1 rings (SSSR count). The van der Waals surface area contributed by atoms with Gasteiger partial charge in [0.05, 0.1) is 18.1 Å². The quantitative estimate of drug-likeness (QED) is 0.487. The van der Waals surface area contributed by atoms with E-state index in [4.69, 9.17) is 9.66 Å². The minimum Gasteiger partial charge on any atom is -0.480 e. The zero-order chi connectivity index (χ0) is 12.6. The molecule has 0 radical (unpaired) electrons. The first-order chi connectivity index (χ1) is 7.12. The van der Waals surface area contributed by atoms with Gasteiger partial charge in [-0.25, -0.2) is 8.42 Å². The standard InChI is InChI=1S/C6H11NO7S2/c8-6(9)1-7-4-2-15(10,11)3-5(4)16(12,13)14/h4-5,7H,1-3H2,(H,8,9)(H,12,13,14)/t4-,5-/m1/s1. The maximum atomic E-state index is 11.2. The summed E-state index contributed by atoms with van der Waals surface area (Å²) >= 11 is 0. The maximum absolute atomic E-state index is 11.2. The summed E-state index contributed by atoms with van der Waals surface area (Å²) in [5.41, 5.74) is 0. The molecule has 1 aliphatic rings. The Labute approximate surface area is 92.3 Å². The highest BCUT2D eigenvalue weighted by molar-refractivity contribution is 7.94. The average Bonchev–Trinajstić information content (AvgIpc) is 2.37. The predicted molar refractivity (Wildman–Crippen MR) is 53.4 cm³/mol. The normalized spacial score (nSPS) is 29.1. The van der Waals surface area contributed by atoms with Gasteiger partial charge in [-0.3, -0.25) is 9.35 Å². The topological polar surface area (TPSA) is 138 Å². The molecule has 0 saturated carbocycles. The third kappa shape index (κ3) is 3.40. The lowest BCUT2D eigenvalue weighted by atomic mass is 10.2. The van der Waals surface area contributed by atoms with E-state index in [1.807, 2.05) is 0 Å². The number of carboxylic acid groups (broad SMARTS) is 1. The fraction of sp³-hybridized carbons (Fsp3) is 0.833. The second-order valence-corrected chi connectivity index (χ2v) is 7.30. The Kier molecular flexibility index (Phi) is 3.57. The summed E-state index contributed by atoms with van der Waals surface area (Å²) in [6.45, 7) is -0.563. The number of sulfone groups is 1. The summed E-state index contributed by atoms with van der Waals surface area (Å²) in [5.74, 6) is -2.42. The fourth-order valence-corrected chi connectivity index (χ4v) is 5.32. The van der Waals surface area contributed by atoms with Crippen molar-refractivity contribution < 1.29 is 31.3 Å². The van der Waals surface area contributed by atoms with Crippen LogP contribution in [0, 0.1) is 0 Å². The summed E-state index contributed by atoms with van der Waals surface area (Å²) in [7, 11) is -8.08. The molecular weight excluding hydrogens is 262 g/mol. The van der Waals surface area contributed by atoms with Crippen molar-refractivity contribution in [1.29, 1.82) is 0 Å². The van der Waals surface area contributed by atoms with Crippen LogP contribution in [0.25, 0.3) is 0 Å². The molecule has 1 saturated heterocycles. The van der Waals surface area contributed by atoms with Gasteiger partial charge in [0.1, 0.15) is 5.25 Å². The van der Waals surface area contributed by atoms with Crippen LogP contribution in [0.1, 0.15) is 0 Å². The molecule has 0 unspecified atom stereocenters. The molecule has 0 aliphatic carbocycles. The van der Waals surface area contributed by atoms with E-state index in [2.05, 4.69) is 5.32 Å². The van der Waals surface area contributed by atoms with Gasteiger partial charge in [-0.15, -0.1) is 0 Å². The molecule has 3 N–H and O–H groups in total. The molecule has 0 bridgehead atoms. The number of rotatable bonds is 4. The molecule has 2 atom stereocenters. The highest BCUT2D eigenvalue weighted by atomic mass is 32.2. The molecule has 94 valence electrons. The largest absolute Gasteiger partial charge is 0.480 e. The van der Waals surface area contributed by atoms with Crippen LogP contribution in [0.5, 0.6) is 0 Å². The van der Waals surface area contributed by atoms with Gasteiger partial charge >= 0.3 is 5.97 Å². The Morgan fingerprint density at radius 1 is 1.38 bits per heavy atom. The molecule has 0 amide bonds. The third-order valence-corrected chi connectivity index (χ3v) is 5.40. The molecule has 0 spiro atoms. The minimum atomic E-state index is -4.51. The highest BCUT2D eigenvalue weighted by Crippen LogP contribution is 2.18. The number of carboxylic acids is 1. The van der Waals surface area contributed by atoms with Gasteiger partial charge in [-0.2, -0.15) is 8.42 Å². The first-order valence-electron chi connectivity index (χ1n) is 4.24. The van der Waals surface area contributed by atoms with E-state index in [1.165, 1.54) is 0 Å². The molecule has 16 heavy (non-hydrogen) atoms. The van der Waals surface area contributed by atoms with Crippen molar-refractivity contribution >= 4 is 25.9 Å². The van der Waals surface area contributed by atoms with E-state index >= 15 is 0 Å². The lowest BCUT2D eigenvalue weighted by Crippen LogP contribution is -2.45. The molecule has 10 heteroatoms. The van der Waals surface area contributed by atoms with E-state index in [0.29, 0.717) is 0 Å². The van der Waals surface area contributed by atoms with Crippen LogP contribution in [-0.4, -0.2) is 61.8 Å². The Hall–Kier alpha value is -0.710. The van der Waals surface area contributed by atoms with Gasteiger partial charge in [-0.1, -0.05) is 0 Å². The third-order valence-electron chi connectivity index (χ3n) is 2.20. The fourth-order valence-electron chi connectivity index (χ4n) is 1.52. The summed E-state index contributed by atoms with van der Waals surface area (Å²) in [4.78, 5) is 10.2. The van der Waals surface area contributed by atoms with Crippen LogP contribution in [0.2, 0.25) is 0 Å². The second-order valence-electron chi connectivity index (χ2n) is 3.51. The van der Waals surface area contributed by atoms with Crippen molar-refractivity contribution in [2.75, 3.05) is 18.1 Å². The van der Waals surface area contributed by atoms with Crippen molar-refractivity contribution in [3.8, 4) is 0 Å². The van der Waals surface area contributed by atoms with Crippen LogP contribution in [-0.2, 0) is 24.7 Å². The Morgan fingerprint density at radius 3 is 2.38 bits per heavy atom. The second kappa shape index (κ2) is 4.28. The molecular formula is C6H11NO7S2. The van der Waals surface area contributed by atoms with E-state index in [1.54, 1.807) is 0 Å². The molecule has 1 heterocycles. The van der Waals surface area contributed by atoms with Gasteiger partial charge in [0.15, 0.2) is 9.84 Å². The molecule has 0 aromatic heterocycles. The number of aliphatic carboxylic acids is 1. The molecule has 0 aromatic rings. The number of hydrogen-bond acceptors (Lipinski definition) is 6. The lowest BCUT2D eigenvalue weighted by Gasteiger charge is -2.15. The van der Waals surface area contributed by atoms with Gasteiger partial charge in [0.2, 0.25) is 0 Å². The zero-order valence-corrected chi connectivity index (χ0v) is 9.66. The highest BCUT2D eigenvalue weighted by Gasteiger charge is 2.44. The van der Waals surface area contributed by atoms with E-state index in [-0.39, 0.29) is 0 Å². The summed E-state index contributed by atoms with van der Waals surface area (Å²) in [6, 6.07) is -1.09. The van der Waals surface area contributed by atoms with E-state index in [9.17, 15) is 21.6 Å². The van der Waals surface area contributed by atoms with Crippen molar-refractivity contribution in [1.82, 2.24) is 5.32 Å². The Morgan fingerprint density at radius 2 is 1.94 bits per heavy atom. The van der Waals surface area contributed by atoms with E-state index in [0.717, 1.165) is 0 Å². The molecule has 1 aliphatic heterocycles. The minimum absolute atomic E-state index is 0.495. The van der Waals surface area contributed by atoms with E-state index < -0.39 is 55.3 Å². The number of carbonyl (C=O) groups is 1. The Bertz CT molecular complexity index is 479. The van der Waals surface area contributed by atoms with Crippen LogP contribution in [0.3, 0.4) is 0 Å². The summed E-state index contributed by atoms with van der Waals surface area (Å²) in [6.07, 6.45) is 0. The van der Waals surface area contributed by atoms with Crippen LogP contribution >= 0.6 is 0 Å². The van der Waals surface area contributed by atoms with Gasteiger partial charge in [-0.05, 0) is 0 Å². The Balaban J connectivity index is 2.85. The van der Waals surface area contributed by atoms with Crippen LogP contribution in [0.4, 0.5) is 0 Å². The van der Waals surface area contributed by atoms with Gasteiger partial charge < -0.3 is 10.4 Å². The van der Waals surface area contributed by atoms with Crippen molar-refractivity contribution in [2.45, 2.75) is 11.3 Å². The van der Waals surface area contributed by atoms with Crippen molar-refractivity contribution in [2.24, 2.45) is 0 Å². The summed E-state index contributed by atoms with van der Waals surface area (Å²) in [5, 5.41) is 9.14. The first-order valence-corrected chi connectivity index (χ1v) is 7.56. The van der Waals surface area contributed by atoms with Gasteiger partial charge in [0.25, 0.3) is 10.1 Å². The smallest absolute Gasteiger partial charge is 0.317 e. The predicted octanol–water partition coefficient (Wildman–Crippen LogP) is -2.29.